The lowest BCUT2D eigenvalue weighted by Gasteiger charge is -2.39. The Morgan fingerprint density at radius 1 is 1.29 bits per heavy atom. The van der Waals surface area contributed by atoms with Crippen LogP contribution in [-0.4, -0.2) is 35.5 Å². The molecule has 4 atom stereocenters. The van der Waals surface area contributed by atoms with Crippen molar-refractivity contribution in [2.45, 2.75) is 63.6 Å². The number of rotatable bonds is 2. The van der Waals surface area contributed by atoms with Gasteiger partial charge in [0.15, 0.2) is 0 Å². The van der Waals surface area contributed by atoms with Gasteiger partial charge in [0.05, 0.1) is 0 Å². The van der Waals surface area contributed by atoms with Gasteiger partial charge in [-0.25, -0.2) is 0 Å². The lowest BCUT2D eigenvalue weighted by molar-refractivity contribution is -0.139. The highest BCUT2D eigenvalue weighted by Gasteiger charge is 2.36. The van der Waals surface area contributed by atoms with Crippen LogP contribution in [0.1, 0.15) is 45.4 Å². The summed E-state index contributed by atoms with van der Waals surface area (Å²) >= 11 is 0. The minimum absolute atomic E-state index is 0.0781. The van der Waals surface area contributed by atoms with Crippen molar-refractivity contribution in [1.82, 2.24) is 4.90 Å². The van der Waals surface area contributed by atoms with E-state index in [-0.39, 0.29) is 24.0 Å². The maximum atomic E-state index is 12.5. The monoisotopic (exact) mass is 239 g/mol. The number of likely N-dealkylation sites (tertiary alicyclic amines) is 1. The smallest absolute Gasteiger partial charge is 0.226 e. The van der Waals surface area contributed by atoms with Gasteiger partial charge in [0.2, 0.25) is 5.91 Å². The molecule has 2 fully saturated rings. The van der Waals surface area contributed by atoms with Crippen LogP contribution >= 0.6 is 0 Å². The Labute approximate surface area is 104 Å². The number of carbonyl (C=O) groups is 1. The van der Waals surface area contributed by atoms with E-state index in [1.54, 1.807) is 0 Å². The van der Waals surface area contributed by atoms with Crippen LogP contribution in [0.5, 0.6) is 0 Å². The number of piperidine rings is 1. The van der Waals surface area contributed by atoms with Crippen LogP contribution in [-0.2, 0) is 4.79 Å². The first-order valence-electron chi connectivity index (χ1n) is 6.91. The molecule has 1 saturated carbocycles. The number of amides is 1. The molecule has 0 aromatic rings. The molecule has 0 radical (unpaired) electrons. The lowest BCUT2D eigenvalue weighted by atomic mass is 9.94. The molecule has 2 aliphatic rings. The van der Waals surface area contributed by atoms with Gasteiger partial charge in [-0.15, -0.1) is 0 Å². The summed E-state index contributed by atoms with van der Waals surface area (Å²) in [7, 11) is 0. The van der Waals surface area contributed by atoms with Crippen LogP contribution in [0.4, 0.5) is 0 Å². The summed E-state index contributed by atoms with van der Waals surface area (Å²) in [6.45, 7) is 2.90. The largest absolute Gasteiger partial charge is 0.338 e. The Kier molecular flexibility index (Phi) is 4.05. The number of carbonyl (C=O) groups excluding carboxylic acids is 1. The quantitative estimate of drug-likeness (QED) is 0.750. The number of nitrogens with two attached hydrogens (primary N) is 2. The Morgan fingerprint density at radius 3 is 2.65 bits per heavy atom. The molecule has 1 aliphatic carbocycles. The zero-order valence-electron chi connectivity index (χ0n) is 10.8. The van der Waals surface area contributed by atoms with E-state index < -0.39 is 0 Å². The third kappa shape index (κ3) is 2.80. The molecule has 4 heteroatoms. The Bertz CT molecular complexity index is 280. The minimum Gasteiger partial charge on any atom is -0.338 e. The van der Waals surface area contributed by atoms with Crippen LogP contribution in [0, 0.1) is 5.92 Å². The average Bonchev–Trinajstić information content (AvgIpc) is 2.75. The van der Waals surface area contributed by atoms with E-state index in [1.165, 1.54) is 6.42 Å². The molecule has 1 aliphatic heterocycles. The van der Waals surface area contributed by atoms with Crippen molar-refractivity contribution in [2.75, 3.05) is 6.54 Å². The normalized spacial score (nSPS) is 35.9. The summed E-state index contributed by atoms with van der Waals surface area (Å²) in [6, 6.07) is 0.546. The van der Waals surface area contributed by atoms with E-state index in [2.05, 4.69) is 0 Å². The highest BCUT2D eigenvalue weighted by atomic mass is 16.2. The second-order valence-electron chi connectivity index (χ2n) is 5.72. The van der Waals surface area contributed by atoms with Crippen molar-refractivity contribution in [2.24, 2.45) is 17.4 Å². The summed E-state index contributed by atoms with van der Waals surface area (Å²) in [5, 5.41) is 0. The van der Waals surface area contributed by atoms with E-state index in [0.29, 0.717) is 5.91 Å². The Balaban J connectivity index is 2.01. The molecule has 1 saturated heterocycles. The maximum Gasteiger partial charge on any atom is 0.226 e. The van der Waals surface area contributed by atoms with Crippen molar-refractivity contribution in [3.05, 3.63) is 0 Å². The molecule has 0 unspecified atom stereocenters. The van der Waals surface area contributed by atoms with E-state index in [9.17, 15) is 4.79 Å². The molecule has 98 valence electrons. The third-order valence-electron chi connectivity index (χ3n) is 4.26. The fourth-order valence-electron chi connectivity index (χ4n) is 3.25. The second kappa shape index (κ2) is 5.36. The molecule has 1 heterocycles. The number of hydrogen-bond acceptors (Lipinski definition) is 3. The highest BCUT2D eigenvalue weighted by molar-refractivity contribution is 5.79. The van der Waals surface area contributed by atoms with Crippen LogP contribution in [0.2, 0.25) is 0 Å². The first kappa shape index (κ1) is 12.8. The first-order chi connectivity index (χ1) is 8.09. The van der Waals surface area contributed by atoms with Gasteiger partial charge in [-0.3, -0.25) is 4.79 Å². The summed E-state index contributed by atoms with van der Waals surface area (Å²) in [4.78, 5) is 14.5. The van der Waals surface area contributed by atoms with Gasteiger partial charge in [0.1, 0.15) is 0 Å². The van der Waals surface area contributed by atoms with Gasteiger partial charge in [0.25, 0.3) is 0 Å². The van der Waals surface area contributed by atoms with Crippen molar-refractivity contribution in [3.8, 4) is 0 Å². The third-order valence-corrected chi connectivity index (χ3v) is 4.26. The molecule has 4 nitrogen and oxygen atoms in total. The summed E-state index contributed by atoms with van der Waals surface area (Å²) in [6.07, 6.45) is 6.19. The molecular formula is C13H25N3O. The van der Waals surface area contributed by atoms with E-state index >= 15 is 0 Å². The van der Waals surface area contributed by atoms with Gasteiger partial charge in [0, 0.05) is 30.6 Å². The number of nitrogens with zero attached hydrogens (tertiary/aromatic N) is 1. The Morgan fingerprint density at radius 2 is 2.06 bits per heavy atom. The standard InChI is InChI=1S/C13H25N3O/c1-9(14)12-4-2-3-7-16(12)13(17)10-5-6-11(15)8-10/h9-12H,2-8,14-15H2,1H3/t9-,10-,11-,12-/m0/s1. The van der Waals surface area contributed by atoms with Crippen LogP contribution < -0.4 is 11.5 Å². The predicted octanol–water partition coefficient (Wildman–Crippen LogP) is 0.842. The summed E-state index contributed by atoms with van der Waals surface area (Å²) in [5.41, 5.74) is 11.9. The maximum absolute atomic E-state index is 12.5. The van der Waals surface area contributed by atoms with Crippen molar-refractivity contribution in [1.29, 1.82) is 0 Å². The molecule has 1 amide bonds. The minimum atomic E-state index is 0.0781. The molecule has 17 heavy (non-hydrogen) atoms. The second-order valence-corrected chi connectivity index (χ2v) is 5.72. The average molecular weight is 239 g/mol. The summed E-state index contributed by atoms with van der Waals surface area (Å²) in [5.74, 6) is 0.462. The van der Waals surface area contributed by atoms with Gasteiger partial charge < -0.3 is 16.4 Å². The predicted molar refractivity (Wildman–Crippen MR) is 68.3 cm³/mol. The van der Waals surface area contributed by atoms with E-state index in [0.717, 1.165) is 38.6 Å². The molecule has 2 rings (SSSR count). The van der Waals surface area contributed by atoms with Gasteiger partial charge >= 0.3 is 0 Å². The molecule has 0 aromatic carbocycles. The van der Waals surface area contributed by atoms with Gasteiger partial charge in [-0.2, -0.15) is 0 Å². The fraction of sp³-hybridized carbons (Fsp3) is 0.923. The Hall–Kier alpha value is -0.610. The topological polar surface area (TPSA) is 72.3 Å². The van der Waals surface area contributed by atoms with Crippen LogP contribution in [0.15, 0.2) is 0 Å². The van der Waals surface area contributed by atoms with E-state index in [4.69, 9.17) is 11.5 Å². The van der Waals surface area contributed by atoms with Crippen molar-refractivity contribution < 1.29 is 4.79 Å². The molecule has 0 spiro atoms. The molecule has 0 aromatic heterocycles. The van der Waals surface area contributed by atoms with Crippen molar-refractivity contribution in [3.63, 3.8) is 0 Å². The van der Waals surface area contributed by atoms with Gasteiger partial charge in [-0.05, 0) is 45.4 Å². The SMILES string of the molecule is C[C@H](N)[C@@H]1CCCCN1C(=O)[C@H]1CC[C@H](N)C1. The summed E-state index contributed by atoms with van der Waals surface area (Å²) < 4.78 is 0. The highest BCUT2D eigenvalue weighted by Crippen LogP contribution is 2.29. The van der Waals surface area contributed by atoms with Crippen LogP contribution in [0.3, 0.4) is 0 Å². The first-order valence-corrected chi connectivity index (χ1v) is 6.91. The zero-order chi connectivity index (χ0) is 12.4. The fourth-order valence-corrected chi connectivity index (χ4v) is 3.25. The molecule has 4 N–H and O–H groups in total. The van der Waals surface area contributed by atoms with Crippen molar-refractivity contribution >= 4 is 5.91 Å². The molecular weight excluding hydrogens is 214 g/mol. The lowest BCUT2D eigenvalue weighted by Crippen LogP contribution is -2.53. The van der Waals surface area contributed by atoms with Gasteiger partial charge in [-0.1, -0.05) is 0 Å². The number of hydrogen-bond donors (Lipinski definition) is 2. The van der Waals surface area contributed by atoms with Crippen LogP contribution in [0.25, 0.3) is 0 Å². The molecule has 0 bridgehead atoms. The zero-order valence-corrected chi connectivity index (χ0v) is 10.8. The van der Waals surface area contributed by atoms with E-state index in [1.807, 2.05) is 11.8 Å².